The van der Waals surface area contributed by atoms with Crippen molar-refractivity contribution in [2.45, 2.75) is 38.1 Å². The Morgan fingerprint density at radius 2 is 1.47 bits per heavy atom. The predicted octanol–water partition coefficient (Wildman–Crippen LogP) is 3.17. The monoisotopic (exact) mass is 484 g/mol. The zero-order valence-electron chi connectivity index (χ0n) is 20.2. The first-order valence-electron chi connectivity index (χ1n) is 12.3. The molecule has 2 aliphatic heterocycles. The van der Waals surface area contributed by atoms with Crippen LogP contribution in [0.2, 0.25) is 0 Å². The summed E-state index contributed by atoms with van der Waals surface area (Å²) >= 11 is 0. The number of hydrogen-bond donors (Lipinski definition) is 1. The fraction of sp³-hybridized carbons (Fsp3) is 0.500. The molecule has 2 heterocycles. The lowest BCUT2D eigenvalue weighted by molar-refractivity contribution is -0.120. The summed E-state index contributed by atoms with van der Waals surface area (Å²) < 4.78 is 27.3. The molecule has 8 heteroatoms. The summed E-state index contributed by atoms with van der Waals surface area (Å²) in [7, 11) is -3.51. The zero-order chi connectivity index (χ0) is 24.1. The van der Waals surface area contributed by atoms with E-state index in [1.807, 2.05) is 31.2 Å². The zero-order valence-corrected chi connectivity index (χ0v) is 21.1. The average Bonchev–Trinajstić information content (AvgIpc) is 2.86. The summed E-state index contributed by atoms with van der Waals surface area (Å²) in [6.07, 6.45) is 1.05. The highest BCUT2D eigenvalue weighted by Gasteiger charge is 2.32. The van der Waals surface area contributed by atoms with Crippen molar-refractivity contribution in [3.8, 4) is 0 Å². The highest BCUT2D eigenvalue weighted by Crippen LogP contribution is 2.25. The maximum absolute atomic E-state index is 12.9. The van der Waals surface area contributed by atoms with Crippen LogP contribution in [0.4, 0.5) is 5.69 Å². The van der Waals surface area contributed by atoms with Gasteiger partial charge in [0.05, 0.1) is 4.90 Å². The number of rotatable bonds is 7. The number of likely N-dealkylation sites (N-methyl/N-ethyl adjacent to an activating group) is 1. The molecule has 2 aliphatic rings. The molecule has 7 nitrogen and oxygen atoms in total. The first-order valence-corrected chi connectivity index (χ1v) is 13.7. The third kappa shape index (κ3) is 6.05. The van der Waals surface area contributed by atoms with Crippen LogP contribution in [0.5, 0.6) is 0 Å². The van der Waals surface area contributed by atoms with Gasteiger partial charge in [-0.3, -0.25) is 9.69 Å². The second-order valence-corrected chi connectivity index (χ2v) is 11.3. The van der Waals surface area contributed by atoms with E-state index in [1.165, 1.54) is 9.87 Å². The van der Waals surface area contributed by atoms with Crippen molar-refractivity contribution in [2.75, 3.05) is 51.1 Å². The lowest BCUT2D eigenvalue weighted by atomic mass is 9.97. The van der Waals surface area contributed by atoms with Crippen LogP contribution in [-0.2, 0) is 21.4 Å². The molecule has 2 aromatic rings. The molecule has 0 saturated carbocycles. The predicted molar refractivity (Wildman–Crippen MR) is 135 cm³/mol. The maximum atomic E-state index is 12.9. The van der Waals surface area contributed by atoms with Crippen molar-refractivity contribution >= 4 is 21.6 Å². The second kappa shape index (κ2) is 11.0. The summed E-state index contributed by atoms with van der Waals surface area (Å²) in [5.74, 6) is -0.213. The van der Waals surface area contributed by atoms with Gasteiger partial charge in [-0.1, -0.05) is 36.8 Å². The number of carbonyl (C=O) groups excluding carboxylic acids is 1. The van der Waals surface area contributed by atoms with Crippen LogP contribution in [0.15, 0.2) is 53.4 Å². The van der Waals surface area contributed by atoms with Crippen LogP contribution in [-0.4, -0.2) is 74.2 Å². The normalized spacial score (nSPS) is 19.2. The van der Waals surface area contributed by atoms with Gasteiger partial charge in [0.25, 0.3) is 0 Å². The van der Waals surface area contributed by atoms with E-state index in [4.69, 9.17) is 0 Å². The van der Waals surface area contributed by atoms with Gasteiger partial charge in [-0.15, -0.1) is 0 Å². The van der Waals surface area contributed by atoms with E-state index < -0.39 is 10.0 Å². The number of hydrogen-bond acceptors (Lipinski definition) is 5. The van der Waals surface area contributed by atoms with E-state index in [1.54, 1.807) is 12.1 Å². The van der Waals surface area contributed by atoms with Crippen LogP contribution >= 0.6 is 0 Å². The van der Waals surface area contributed by atoms with Crippen molar-refractivity contribution in [1.29, 1.82) is 0 Å². The number of aryl methyl sites for hydroxylation is 1. The van der Waals surface area contributed by atoms with Gasteiger partial charge in [-0.05, 0) is 56.1 Å². The van der Waals surface area contributed by atoms with Crippen molar-refractivity contribution in [3.63, 3.8) is 0 Å². The molecule has 1 N–H and O–H groups in total. The van der Waals surface area contributed by atoms with Gasteiger partial charge in [0.15, 0.2) is 0 Å². The summed E-state index contributed by atoms with van der Waals surface area (Å²) in [5, 5.41) is 3.02. The second-order valence-electron chi connectivity index (χ2n) is 9.39. The minimum Gasteiger partial charge on any atom is -0.326 e. The van der Waals surface area contributed by atoms with E-state index in [-0.39, 0.29) is 11.8 Å². The molecule has 0 atom stereocenters. The fourth-order valence-electron chi connectivity index (χ4n) is 4.68. The van der Waals surface area contributed by atoms with Gasteiger partial charge in [0.2, 0.25) is 15.9 Å². The Kier molecular flexibility index (Phi) is 8.03. The lowest BCUT2D eigenvalue weighted by Gasteiger charge is -2.34. The van der Waals surface area contributed by atoms with Crippen molar-refractivity contribution < 1.29 is 13.2 Å². The van der Waals surface area contributed by atoms with Gasteiger partial charge in [0, 0.05) is 57.4 Å². The third-order valence-corrected chi connectivity index (χ3v) is 8.94. The first-order chi connectivity index (χ1) is 16.3. The van der Waals surface area contributed by atoms with Crippen molar-refractivity contribution in [1.82, 2.24) is 14.1 Å². The molecule has 0 radical (unpaired) electrons. The molecular formula is C26H36N4O3S. The van der Waals surface area contributed by atoms with Gasteiger partial charge in [0.1, 0.15) is 0 Å². The summed E-state index contributed by atoms with van der Waals surface area (Å²) in [4.78, 5) is 18.1. The molecule has 0 spiro atoms. The smallest absolute Gasteiger partial charge is 0.243 e. The number of nitrogens with one attached hydrogen (secondary N) is 1. The largest absolute Gasteiger partial charge is 0.326 e. The van der Waals surface area contributed by atoms with E-state index in [2.05, 4.69) is 34.2 Å². The number of amides is 1. The SMILES string of the molecule is CCN1CCN(Cc2ccc(NC(=O)C3CCN(S(=O)(=O)c4ccc(C)cc4)CC3)cc2)CC1. The fourth-order valence-corrected chi connectivity index (χ4v) is 6.15. The Balaban J connectivity index is 1.26. The van der Waals surface area contributed by atoms with E-state index in [9.17, 15) is 13.2 Å². The number of piperidine rings is 1. The topological polar surface area (TPSA) is 73.0 Å². The highest BCUT2D eigenvalue weighted by atomic mass is 32.2. The van der Waals surface area contributed by atoms with Crippen molar-refractivity contribution in [2.24, 2.45) is 5.92 Å². The number of anilines is 1. The average molecular weight is 485 g/mol. The first kappa shape index (κ1) is 24.9. The molecule has 1 amide bonds. The van der Waals surface area contributed by atoms with Gasteiger partial charge in [-0.2, -0.15) is 4.31 Å². The van der Waals surface area contributed by atoms with Crippen LogP contribution in [0, 0.1) is 12.8 Å². The maximum Gasteiger partial charge on any atom is 0.243 e. The Hall–Kier alpha value is -2.26. The highest BCUT2D eigenvalue weighted by molar-refractivity contribution is 7.89. The van der Waals surface area contributed by atoms with E-state index in [0.717, 1.165) is 50.5 Å². The van der Waals surface area contributed by atoms with E-state index >= 15 is 0 Å². The molecular weight excluding hydrogens is 448 g/mol. The Labute approximate surface area is 203 Å². The van der Waals surface area contributed by atoms with Crippen LogP contribution in [0.3, 0.4) is 0 Å². The van der Waals surface area contributed by atoms with E-state index in [0.29, 0.717) is 30.8 Å². The van der Waals surface area contributed by atoms with Gasteiger partial charge >= 0.3 is 0 Å². The minimum absolute atomic E-state index is 0.0316. The third-order valence-electron chi connectivity index (χ3n) is 7.02. The molecule has 34 heavy (non-hydrogen) atoms. The molecule has 0 aliphatic carbocycles. The Morgan fingerprint density at radius 3 is 2.06 bits per heavy atom. The number of piperazine rings is 1. The van der Waals surface area contributed by atoms with Crippen molar-refractivity contribution in [3.05, 3.63) is 59.7 Å². The Bertz CT molecular complexity index is 1050. The van der Waals surface area contributed by atoms with Gasteiger partial charge < -0.3 is 10.2 Å². The lowest BCUT2D eigenvalue weighted by Crippen LogP contribution is -2.45. The molecule has 184 valence electrons. The summed E-state index contributed by atoms with van der Waals surface area (Å²) in [6, 6.07) is 15.0. The molecule has 2 saturated heterocycles. The Morgan fingerprint density at radius 1 is 0.882 bits per heavy atom. The molecule has 0 aromatic heterocycles. The quantitative estimate of drug-likeness (QED) is 0.654. The summed E-state index contributed by atoms with van der Waals surface area (Å²) in [5.41, 5.74) is 3.06. The standard InChI is InChI=1S/C26H36N4O3S/c1-3-28-16-18-29(19-17-28)20-22-6-8-24(9-7-22)27-26(31)23-12-14-30(15-13-23)34(32,33)25-10-4-21(2)5-11-25/h4-11,23H,3,12-20H2,1-2H3,(H,27,31). The number of nitrogens with zero attached hydrogens (tertiary/aromatic N) is 3. The van der Waals surface area contributed by atoms with Gasteiger partial charge in [-0.25, -0.2) is 8.42 Å². The number of carbonyl (C=O) groups is 1. The van der Waals surface area contributed by atoms with Crippen LogP contribution in [0.25, 0.3) is 0 Å². The molecule has 0 unspecified atom stereocenters. The van der Waals surface area contributed by atoms with Crippen LogP contribution < -0.4 is 5.32 Å². The minimum atomic E-state index is -3.51. The molecule has 0 bridgehead atoms. The molecule has 4 rings (SSSR count). The molecule has 2 aromatic carbocycles. The summed E-state index contributed by atoms with van der Waals surface area (Å²) in [6.45, 7) is 11.3. The number of benzene rings is 2. The van der Waals surface area contributed by atoms with Crippen LogP contribution in [0.1, 0.15) is 30.9 Å². The number of sulfonamides is 1. The molecule has 2 fully saturated rings.